The minimum absolute atomic E-state index is 0.0485. The van der Waals surface area contributed by atoms with Gasteiger partial charge < -0.3 is 20.1 Å². The molecule has 6 nitrogen and oxygen atoms in total. The summed E-state index contributed by atoms with van der Waals surface area (Å²) in [6, 6.07) is 6.16. The van der Waals surface area contributed by atoms with E-state index in [1.165, 1.54) is 4.90 Å². The molecule has 0 aliphatic carbocycles. The van der Waals surface area contributed by atoms with E-state index in [0.29, 0.717) is 11.1 Å². The van der Waals surface area contributed by atoms with Crippen LogP contribution in [0.2, 0.25) is 0 Å². The molecule has 104 valence electrons. The van der Waals surface area contributed by atoms with E-state index in [4.69, 9.17) is 5.11 Å². The summed E-state index contributed by atoms with van der Waals surface area (Å²) in [5, 5.41) is 19.7. The molecule has 1 saturated heterocycles. The molecule has 3 N–H and O–H groups in total. The smallest absolute Gasteiger partial charge is 0.326 e. The summed E-state index contributed by atoms with van der Waals surface area (Å²) in [5.74, 6) is -1.46. The summed E-state index contributed by atoms with van der Waals surface area (Å²) in [6.45, 7) is 0.0485. The van der Waals surface area contributed by atoms with Crippen molar-refractivity contribution >= 4 is 22.8 Å². The lowest BCUT2D eigenvalue weighted by Crippen LogP contribution is -2.40. The number of carboxylic acid groups (broad SMARTS) is 1. The van der Waals surface area contributed by atoms with Crippen molar-refractivity contribution in [1.29, 1.82) is 0 Å². The van der Waals surface area contributed by atoms with Crippen LogP contribution in [-0.4, -0.2) is 50.7 Å². The molecule has 1 amide bonds. The van der Waals surface area contributed by atoms with Crippen molar-refractivity contribution in [2.45, 2.75) is 18.6 Å². The largest absolute Gasteiger partial charge is 0.480 e. The summed E-state index contributed by atoms with van der Waals surface area (Å²) in [4.78, 5) is 28.0. The monoisotopic (exact) mass is 274 g/mol. The molecule has 3 rings (SSSR count). The van der Waals surface area contributed by atoms with Crippen LogP contribution < -0.4 is 0 Å². The van der Waals surface area contributed by atoms with Crippen LogP contribution in [0.5, 0.6) is 0 Å². The number of likely N-dealkylation sites (tertiary alicyclic amines) is 1. The second kappa shape index (κ2) is 4.64. The lowest BCUT2D eigenvalue weighted by atomic mass is 10.1. The van der Waals surface area contributed by atoms with Crippen molar-refractivity contribution in [3.05, 3.63) is 36.0 Å². The lowest BCUT2D eigenvalue weighted by molar-refractivity contribution is -0.141. The Morgan fingerprint density at radius 2 is 2.10 bits per heavy atom. The number of aliphatic hydroxyl groups is 1. The number of H-pyrrole nitrogens is 1. The Bertz CT molecular complexity index is 679. The third kappa shape index (κ3) is 1.94. The average Bonchev–Trinajstić information content (AvgIpc) is 3.03. The second-order valence-electron chi connectivity index (χ2n) is 4.95. The van der Waals surface area contributed by atoms with Gasteiger partial charge in [0.25, 0.3) is 5.91 Å². The molecule has 0 bridgehead atoms. The fraction of sp³-hybridized carbons (Fsp3) is 0.286. The molecule has 2 unspecified atom stereocenters. The molecule has 6 heteroatoms. The summed E-state index contributed by atoms with van der Waals surface area (Å²) in [6.07, 6.45) is 1.01. The minimum Gasteiger partial charge on any atom is -0.480 e. The van der Waals surface area contributed by atoms with Crippen LogP contribution in [-0.2, 0) is 4.79 Å². The van der Waals surface area contributed by atoms with E-state index >= 15 is 0 Å². The molecule has 0 radical (unpaired) electrons. The Kier molecular flexibility index (Phi) is 2.94. The highest BCUT2D eigenvalue weighted by Crippen LogP contribution is 2.24. The number of nitrogens with zero attached hydrogens (tertiary/aromatic N) is 1. The van der Waals surface area contributed by atoms with E-state index in [0.717, 1.165) is 5.39 Å². The maximum atomic E-state index is 12.6. The maximum absolute atomic E-state index is 12.6. The number of hydrogen-bond acceptors (Lipinski definition) is 3. The van der Waals surface area contributed by atoms with Gasteiger partial charge in [0.2, 0.25) is 0 Å². The van der Waals surface area contributed by atoms with Crippen LogP contribution in [0.4, 0.5) is 0 Å². The number of aromatic amines is 1. The van der Waals surface area contributed by atoms with Crippen LogP contribution in [0.1, 0.15) is 16.8 Å². The number of para-hydroxylation sites is 1. The molecule has 1 aromatic heterocycles. The van der Waals surface area contributed by atoms with Crippen molar-refractivity contribution in [2.24, 2.45) is 0 Å². The minimum atomic E-state index is -1.09. The second-order valence-corrected chi connectivity index (χ2v) is 4.95. The van der Waals surface area contributed by atoms with Crippen molar-refractivity contribution in [2.75, 3.05) is 6.54 Å². The molecule has 2 atom stereocenters. The van der Waals surface area contributed by atoms with E-state index in [-0.39, 0.29) is 18.9 Å². The standard InChI is InChI=1S/C14H14N2O4/c17-9-6-11(14(19)20)16(7-9)13(18)10-3-1-2-8-4-5-15-12(8)10/h1-5,9,11,15,17H,6-7H2,(H,19,20). The van der Waals surface area contributed by atoms with Gasteiger partial charge in [0.15, 0.2) is 0 Å². The van der Waals surface area contributed by atoms with E-state index in [1.54, 1.807) is 18.3 Å². The summed E-state index contributed by atoms with van der Waals surface area (Å²) >= 11 is 0. The number of amides is 1. The number of carbonyl (C=O) groups is 2. The van der Waals surface area contributed by atoms with Gasteiger partial charge >= 0.3 is 5.97 Å². The Hall–Kier alpha value is -2.34. The predicted octanol–water partition coefficient (Wildman–Crippen LogP) is 0.828. The van der Waals surface area contributed by atoms with Crippen molar-refractivity contribution in [3.8, 4) is 0 Å². The number of aromatic nitrogens is 1. The SMILES string of the molecule is O=C(O)C1CC(O)CN1C(=O)c1cccc2cc[nH]c12. The van der Waals surface area contributed by atoms with Gasteiger partial charge in [0, 0.05) is 24.5 Å². The number of hydrogen-bond donors (Lipinski definition) is 3. The number of rotatable bonds is 2. The highest BCUT2D eigenvalue weighted by Gasteiger charge is 2.39. The highest BCUT2D eigenvalue weighted by atomic mass is 16.4. The number of β-amino-alcohol motifs (C(OH)–C–C–N with tert-alkyl or cyclic N) is 1. The lowest BCUT2D eigenvalue weighted by Gasteiger charge is -2.21. The fourth-order valence-electron chi connectivity index (χ4n) is 2.69. The first kappa shape index (κ1) is 12.7. The van der Waals surface area contributed by atoms with Gasteiger partial charge in [0.05, 0.1) is 17.2 Å². The molecule has 1 aromatic carbocycles. The molecule has 2 aromatic rings. The van der Waals surface area contributed by atoms with Gasteiger partial charge in [0.1, 0.15) is 6.04 Å². The summed E-state index contributed by atoms with van der Waals surface area (Å²) in [5.41, 5.74) is 1.11. The normalized spacial score (nSPS) is 22.4. The first-order valence-corrected chi connectivity index (χ1v) is 6.36. The number of nitrogens with one attached hydrogen (secondary N) is 1. The molecule has 0 spiro atoms. The molecule has 20 heavy (non-hydrogen) atoms. The number of carboxylic acids is 1. The van der Waals surface area contributed by atoms with Crippen molar-refractivity contribution in [1.82, 2.24) is 9.88 Å². The van der Waals surface area contributed by atoms with Gasteiger partial charge in [-0.1, -0.05) is 12.1 Å². The van der Waals surface area contributed by atoms with E-state index in [1.807, 2.05) is 12.1 Å². The Labute approximate surface area is 114 Å². The number of benzene rings is 1. The molecular formula is C14H14N2O4. The molecule has 1 aliphatic heterocycles. The van der Waals surface area contributed by atoms with E-state index in [9.17, 15) is 14.7 Å². The Morgan fingerprint density at radius 1 is 1.30 bits per heavy atom. The Morgan fingerprint density at radius 3 is 2.85 bits per heavy atom. The number of aliphatic hydroxyl groups excluding tert-OH is 1. The third-order valence-electron chi connectivity index (χ3n) is 3.64. The van der Waals surface area contributed by atoms with Crippen molar-refractivity contribution < 1.29 is 19.8 Å². The van der Waals surface area contributed by atoms with Gasteiger partial charge in [-0.3, -0.25) is 4.79 Å². The fourth-order valence-corrected chi connectivity index (χ4v) is 2.69. The van der Waals surface area contributed by atoms with Gasteiger partial charge in [-0.25, -0.2) is 4.79 Å². The number of fused-ring (bicyclic) bond motifs is 1. The van der Waals surface area contributed by atoms with Crippen molar-refractivity contribution in [3.63, 3.8) is 0 Å². The Balaban J connectivity index is 2.00. The van der Waals surface area contributed by atoms with Crippen LogP contribution in [0.3, 0.4) is 0 Å². The number of aliphatic carboxylic acids is 1. The van der Waals surface area contributed by atoms with Crippen LogP contribution in [0.15, 0.2) is 30.5 Å². The van der Waals surface area contributed by atoms with Gasteiger partial charge in [-0.2, -0.15) is 0 Å². The summed E-state index contributed by atoms with van der Waals surface area (Å²) < 4.78 is 0. The van der Waals surface area contributed by atoms with Gasteiger partial charge in [-0.15, -0.1) is 0 Å². The maximum Gasteiger partial charge on any atom is 0.326 e. The first-order valence-electron chi connectivity index (χ1n) is 6.36. The topological polar surface area (TPSA) is 93.6 Å². The quantitative estimate of drug-likeness (QED) is 0.756. The molecule has 1 aliphatic rings. The predicted molar refractivity (Wildman–Crippen MR) is 71.4 cm³/mol. The zero-order chi connectivity index (χ0) is 14.3. The molecule has 1 fully saturated rings. The molecule has 0 saturated carbocycles. The highest BCUT2D eigenvalue weighted by molar-refractivity contribution is 6.06. The molecular weight excluding hydrogens is 260 g/mol. The zero-order valence-corrected chi connectivity index (χ0v) is 10.6. The van der Waals surface area contributed by atoms with Gasteiger partial charge in [-0.05, 0) is 12.1 Å². The van der Waals surface area contributed by atoms with Crippen LogP contribution in [0.25, 0.3) is 10.9 Å². The zero-order valence-electron chi connectivity index (χ0n) is 10.6. The van der Waals surface area contributed by atoms with E-state index < -0.39 is 18.1 Å². The number of carbonyl (C=O) groups excluding carboxylic acids is 1. The summed E-state index contributed by atoms with van der Waals surface area (Å²) in [7, 11) is 0. The average molecular weight is 274 g/mol. The van der Waals surface area contributed by atoms with Crippen LogP contribution in [0, 0.1) is 0 Å². The third-order valence-corrected chi connectivity index (χ3v) is 3.64. The first-order chi connectivity index (χ1) is 9.58. The molecule has 2 heterocycles. The van der Waals surface area contributed by atoms with E-state index in [2.05, 4.69) is 4.98 Å². The van der Waals surface area contributed by atoms with Crippen LogP contribution >= 0.6 is 0 Å².